The van der Waals surface area contributed by atoms with Crippen LogP contribution >= 0.6 is 0 Å². The Labute approximate surface area is 158 Å². The Morgan fingerprint density at radius 2 is 1.89 bits per heavy atom. The van der Waals surface area contributed by atoms with Gasteiger partial charge >= 0.3 is 6.18 Å². The lowest BCUT2D eigenvalue weighted by Gasteiger charge is -2.14. The summed E-state index contributed by atoms with van der Waals surface area (Å²) < 4.78 is 39.5. The lowest BCUT2D eigenvalue weighted by molar-refractivity contribution is -0.136. The highest BCUT2D eigenvalue weighted by Crippen LogP contribution is 2.35. The number of aryl methyl sites for hydroxylation is 1. The fourth-order valence-corrected chi connectivity index (χ4v) is 2.50. The largest absolute Gasteiger partial charge is 0.418 e. The van der Waals surface area contributed by atoms with Crippen LogP contribution in [0.2, 0.25) is 0 Å². The SMILES string of the molecule is Cc1nc(Nc2ccccc2C(F)(F)F)cc(C(=O)NCc2cccnc2)n1. The van der Waals surface area contributed by atoms with Gasteiger partial charge in [-0.15, -0.1) is 0 Å². The Bertz CT molecular complexity index is 977. The lowest BCUT2D eigenvalue weighted by Crippen LogP contribution is -2.24. The molecule has 0 bridgehead atoms. The van der Waals surface area contributed by atoms with Crippen molar-refractivity contribution in [3.8, 4) is 0 Å². The summed E-state index contributed by atoms with van der Waals surface area (Å²) in [4.78, 5) is 24.5. The number of rotatable bonds is 5. The van der Waals surface area contributed by atoms with Crippen molar-refractivity contribution in [2.45, 2.75) is 19.6 Å². The van der Waals surface area contributed by atoms with Crippen molar-refractivity contribution in [3.05, 3.63) is 77.5 Å². The third-order valence-electron chi connectivity index (χ3n) is 3.74. The number of carbonyl (C=O) groups excluding carboxylic acids is 1. The molecule has 0 spiro atoms. The summed E-state index contributed by atoms with van der Waals surface area (Å²) in [6.07, 6.45) is -1.28. The van der Waals surface area contributed by atoms with Crippen molar-refractivity contribution in [2.24, 2.45) is 0 Å². The minimum Gasteiger partial charge on any atom is -0.347 e. The number of nitrogens with one attached hydrogen (secondary N) is 2. The minimum atomic E-state index is -4.52. The quantitative estimate of drug-likeness (QED) is 0.695. The molecule has 6 nitrogen and oxygen atoms in total. The molecule has 28 heavy (non-hydrogen) atoms. The van der Waals surface area contributed by atoms with Gasteiger partial charge in [-0.1, -0.05) is 18.2 Å². The van der Waals surface area contributed by atoms with Gasteiger partial charge in [-0.2, -0.15) is 13.2 Å². The molecule has 0 aliphatic heterocycles. The van der Waals surface area contributed by atoms with E-state index in [1.54, 1.807) is 31.5 Å². The number of nitrogens with zero attached hydrogens (tertiary/aromatic N) is 3. The van der Waals surface area contributed by atoms with Crippen LogP contribution in [0.15, 0.2) is 54.9 Å². The first-order valence-corrected chi connectivity index (χ1v) is 8.29. The van der Waals surface area contributed by atoms with Crippen LogP contribution < -0.4 is 10.6 Å². The average Bonchev–Trinajstić information content (AvgIpc) is 2.66. The van der Waals surface area contributed by atoms with Crippen LogP contribution in [0.1, 0.15) is 27.4 Å². The van der Waals surface area contributed by atoms with Crippen molar-refractivity contribution >= 4 is 17.4 Å². The van der Waals surface area contributed by atoms with E-state index in [2.05, 4.69) is 25.6 Å². The van der Waals surface area contributed by atoms with E-state index in [1.165, 1.54) is 24.3 Å². The smallest absolute Gasteiger partial charge is 0.347 e. The van der Waals surface area contributed by atoms with Crippen LogP contribution in [0.5, 0.6) is 0 Å². The van der Waals surface area contributed by atoms with Gasteiger partial charge in [0, 0.05) is 25.0 Å². The number of para-hydroxylation sites is 1. The monoisotopic (exact) mass is 387 g/mol. The van der Waals surface area contributed by atoms with E-state index in [9.17, 15) is 18.0 Å². The van der Waals surface area contributed by atoms with Gasteiger partial charge in [0.15, 0.2) is 0 Å². The Hall–Kier alpha value is -3.49. The molecule has 1 amide bonds. The van der Waals surface area contributed by atoms with Gasteiger partial charge in [0.25, 0.3) is 5.91 Å². The average molecular weight is 387 g/mol. The summed E-state index contributed by atoms with van der Waals surface area (Å²) in [5, 5.41) is 5.32. The zero-order chi connectivity index (χ0) is 20.1. The van der Waals surface area contributed by atoms with Crippen molar-refractivity contribution in [1.82, 2.24) is 20.3 Å². The Morgan fingerprint density at radius 1 is 1.11 bits per heavy atom. The fourth-order valence-electron chi connectivity index (χ4n) is 2.50. The highest BCUT2D eigenvalue weighted by molar-refractivity contribution is 5.93. The molecule has 0 radical (unpaired) electrons. The molecule has 1 aromatic carbocycles. The lowest BCUT2D eigenvalue weighted by atomic mass is 10.1. The highest BCUT2D eigenvalue weighted by atomic mass is 19.4. The van der Waals surface area contributed by atoms with E-state index in [4.69, 9.17) is 0 Å². The second-order valence-electron chi connectivity index (χ2n) is 5.90. The number of alkyl halides is 3. The molecule has 2 aromatic heterocycles. The molecule has 2 heterocycles. The number of halogens is 3. The molecule has 0 fully saturated rings. The van der Waals surface area contributed by atoms with Crippen molar-refractivity contribution in [2.75, 3.05) is 5.32 Å². The van der Waals surface area contributed by atoms with E-state index in [1.807, 2.05) is 0 Å². The minimum absolute atomic E-state index is 0.0448. The van der Waals surface area contributed by atoms with E-state index in [-0.39, 0.29) is 29.6 Å². The summed E-state index contributed by atoms with van der Waals surface area (Å²) in [5.41, 5.74) is -0.133. The first-order chi connectivity index (χ1) is 13.3. The van der Waals surface area contributed by atoms with Gasteiger partial charge in [-0.25, -0.2) is 9.97 Å². The van der Waals surface area contributed by atoms with Gasteiger partial charge in [-0.05, 0) is 30.7 Å². The maximum atomic E-state index is 13.2. The van der Waals surface area contributed by atoms with Crippen LogP contribution in [0.4, 0.5) is 24.7 Å². The third-order valence-corrected chi connectivity index (χ3v) is 3.74. The molecule has 0 aliphatic carbocycles. The number of amides is 1. The predicted molar refractivity (Wildman–Crippen MR) is 96.9 cm³/mol. The molecular weight excluding hydrogens is 371 g/mol. The van der Waals surface area contributed by atoms with Crippen LogP contribution in [0, 0.1) is 6.92 Å². The van der Waals surface area contributed by atoms with Crippen LogP contribution in [0.25, 0.3) is 0 Å². The van der Waals surface area contributed by atoms with E-state index < -0.39 is 17.6 Å². The Balaban J connectivity index is 1.80. The first kappa shape index (κ1) is 19.3. The topological polar surface area (TPSA) is 79.8 Å². The van der Waals surface area contributed by atoms with E-state index in [0.717, 1.165) is 11.6 Å². The van der Waals surface area contributed by atoms with Gasteiger partial charge in [-0.3, -0.25) is 9.78 Å². The molecule has 3 aromatic rings. The first-order valence-electron chi connectivity index (χ1n) is 8.29. The predicted octanol–water partition coefficient (Wildman–Crippen LogP) is 3.87. The third kappa shape index (κ3) is 4.81. The number of hydrogen-bond donors (Lipinski definition) is 2. The number of carbonyl (C=O) groups is 1. The molecular formula is C19H16F3N5O. The van der Waals surface area contributed by atoms with E-state index in [0.29, 0.717) is 0 Å². The molecule has 0 aliphatic rings. The van der Waals surface area contributed by atoms with Crippen molar-refractivity contribution in [1.29, 1.82) is 0 Å². The molecule has 3 rings (SSSR count). The standard InChI is InChI=1S/C19H16F3N5O/c1-12-25-16(18(28)24-11-13-5-4-8-23-10-13)9-17(26-12)27-15-7-3-2-6-14(15)19(20,21)22/h2-10H,11H2,1H3,(H,24,28)(H,25,26,27). The van der Waals surface area contributed by atoms with Crippen molar-refractivity contribution < 1.29 is 18.0 Å². The molecule has 0 saturated heterocycles. The molecule has 0 saturated carbocycles. The molecule has 144 valence electrons. The number of aromatic nitrogens is 3. The Morgan fingerprint density at radius 3 is 2.61 bits per heavy atom. The van der Waals surface area contributed by atoms with Gasteiger partial charge < -0.3 is 10.6 Å². The molecule has 9 heteroatoms. The summed E-state index contributed by atoms with van der Waals surface area (Å²) in [6, 6.07) is 9.90. The van der Waals surface area contributed by atoms with E-state index >= 15 is 0 Å². The highest BCUT2D eigenvalue weighted by Gasteiger charge is 2.33. The normalized spacial score (nSPS) is 11.1. The zero-order valence-electron chi connectivity index (χ0n) is 14.8. The van der Waals surface area contributed by atoms with Gasteiger partial charge in [0.2, 0.25) is 0 Å². The van der Waals surface area contributed by atoms with Crippen molar-refractivity contribution in [3.63, 3.8) is 0 Å². The molecule has 0 atom stereocenters. The number of hydrogen-bond acceptors (Lipinski definition) is 5. The zero-order valence-corrected chi connectivity index (χ0v) is 14.8. The number of anilines is 2. The van der Waals surface area contributed by atoms with Crippen LogP contribution in [0.3, 0.4) is 0 Å². The maximum absolute atomic E-state index is 13.2. The van der Waals surface area contributed by atoms with Gasteiger partial charge in [0.05, 0.1) is 11.3 Å². The van der Waals surface area contributed by atoms with Crippen LogP contribution in [-0.4, -0.2) is 20.9 Å². The van der Waals surface area contributed by atoms with Crippen LogP contribution in [-0.2, 0) is 12.7 Å². The summed E-state index contributed by atoms with van der Waals surface area (Å²) in [7, 11) is 0. The summed E-state index contributed by atoms with van der Waals surface area (Å²) in [6.45, 7) is 1.80. The summed E-state index contributed by atoms with van der Waals surface area (Å²) in [5.74, 6) is -0.127. The maximum Gasteiger partial charge on any atom is 0.418 e. The number of benzene rings is 1. The van der Waals surface area contributed by atoms with Gasteiger partial charge in [0.1, 0.15) is 17.3 Å². The summed E-state index contributed by atoms with van der Waals surface area (Å²) >= 11 is 0. The molecule has 2 N–H and O–H groups in total. The second kappa shape index (κ2) is 8.03. The second-order valence-corrected chi connectivity index (χ2v) is 5.90. The Kier molecular flexibility index (Phi) is 5.53. The molecule has 0 unspecified atom stereocenters. The fraction of sp³-hybridized carbons (Fsp3) is 0.158. The number of pyridine rings is 1.